The maximum absolute atomic E-state index is 13.8. The van der Waals surface area contributed by atoms with Crippen molar-refractivity contribution in [1.82, 2.24) is 30.6 Å². The normalized spacial score (nSPS) is 22.1. The molecule has 15 heteroatoms. The molecule has 4 aliphatic rings. The molecule has 8 atom stereocenters. The van der Waals surface area contributed by atoms with Gasteiger partial charge in [0, 0.05) is 55.4 Å². The van der Waals surface area contributed by atoms with Crippen molar-refractivity contribution in [2.45, 2.75) is 130 Å². The number of hydrogen-bond acceptors (Lipinski definition) is 11. The Hall–Kier alpha value is -5.11. The van der Waals surface area contributed by atoms with E-state index in [-0.39, 0.29) is 76.6 Å². The van der Waals surface area contributed by atoms with Crippen molar-refractivity contribution >= 4 is 37.4 Å². The maximum atomic E-state index is 13.8. The maximum Gasteiger partial charge on any atom is 0.481 e. The average Bonchev–Trinajstić information content (AvgIpc) is 3.66. The minimum atomic E-state index is -0.667. The topological polar surface area (TPSA) is 183 Å². The number of hydrogen-bond donors (Lipinski definition) is 3. The number of amides is 2. The molecule has 2 unspecified atom stereocenters. The van der Waals surface area contributed by atoms with Gasteiger partial charge in [-0.15, -0.1) is 0 Å². The van der Waals surface area contributed by atoms with Crippen LogP contribution in [-0.4, -0.2) is 86.0 Å². The summed E-state index contributed by atoms with van der Waals surface area (Å²) in [4.78, 5) is 68.6. The van der Waals surface area contributed by atoms with Gasteiger partial charge in [-0.05, 0) is 85.7 Å². The summed E-state index contributed by atoms with van der Waals surface area (Å²) >= 11 is 0. The summed E-state index contributed by atoms with van der Waals surface area (Å²) in [5, 5.41) is 16.3. The highest BCUT2D eigenvalue weighted by atomic mass is 16.7. The summed E-state index contributed by atoms with van der Waals surface area (Å²) in [7, 11) is -0.500. The van der Waals surface area contributed by atoms with Gasteiger partial charge in [-0.1, -0.05) is 109 Å². The molecule has 3 N–H and O–H groups in total. The van der Waals surface area contributed by atoms with Crippen LogP contribution in [0, 0.1) is 40.9 Å². The molecule has 0 radical (unpaired) electrons. The Kier molecular flexibility index (Phi) is 17.2. The molecule has 2 bridgehead atoms. The Morgan fingerprint density at radius 3 is 1.68 bits per heavy atom. The Morgan fingerprint density at radius 1 is 0.742 bits per heavy atom. The van der Waals surface area contributed by atoms with Gasteiger partial charge in [0.1, 0.15) is 11.4 Å². The van der Waals surface area contributed by atoms with E-state index in [2.05, 4.69) is 65.2 Å². The van der Waals surface area contributed by atoms with Gasteiger partial charge in [-0.3, -0.25) is 29.1 Å². The van der Waals surface area contributed by atoms with Crippen LogP contribution < -0.4 is 10.6 Å². The zero-order valence-corrected chi connectivity index (χ0v) is 39.9. The Morgan fingerprint density at radius 2 is 1.24 bits per heavy atom. The van der Waals surface area contributed by atoms with Gasteiger partial charge in [0.15, 0.2) is 11.6 Å². The molecule has 3 aliphatic carbocycles. The molecule has 13 nitrogen and oxygen atoms in total. The van der Waals surface area contributed by atoms with Crippen LogP contribution in [0.15, 0.2) is 97.8 Å². The van der Waals surface area contributed by atoms with E-state index < -0.39 is 25.9 Å². The van der Waals surface area contributed by atoms with Crippen molar-refractivity contribution in [3.8, 4) is 0 Å². The Balaban J connectivity index is 0.000000230. The average molecular weight is 899 g/mol. The van der Waals surface area contributed by atoms with Crippen LogP contribution in [0.4, 0.5) is 0 Å². The standard InChI is InChI=1S/C30H40BN3O4.C21H28BN3O3/c1-19(2)13-27(31-37-26-17-22-16-25(29(22,3)4)30(26,5)38-31)34-28(36)21(14-20-9-7-6-8-10-20)15-24(35)23-18-32-11-12-33-23;1-15(2)11-20(22(3)28)25-21(27)17(12-16-7-5-4-6-8-16)13-19(26)18-14-23-9-10-24-18/h6-12,18-19,21-22,25-27H,13-17H2,1-5H3,(H,34,36);4-10,14-15,17,20,28H,11-13H2,1-3H3,(H,25,27)/t21-,22?,25+,26?,27+,30+;17-,20+/m11/s1. The predicted molar refractivity (Wildman–Crippen MR) is 256 cm³/mol. The number of carbonyl (C=O) groups excluding carboxylic acids is 4. The zero-order chi connectivity index (χ0) is 47.6. The first-order valence-corrected chi connectivity index (χ1v) is 23.7. The molecular weight excluding hydrogens is 830 g/mol. The van der Waals surface area contributed by atoms with Crippen LogP contribution in [-0.2, 0) is 31.7 Å². The van der Waals surface area contributed by atoms with Crippen molar-refractivity contribution in [1.29, 1.82) is 0 Å². The first-order valence-electron chi connectivity index (χ1n) is 23.7. The lowest BCUT2D eigenvalue weighted by atomic mass is 9.43. The fraction of sp³-hybridized carbons (Fsp3) is 0.529. The molecule has 66 heavy (non-hydrogen) atoms. The predicted octanol–water partition coefficient (Wildman–Crippen LogP) is 7.30. The van der Waals surface area contributed by atoms with Gasteiger partial charge in [-0.25, -0.2) is 9.97 Å². The number of nitrogens with one attached hydrogen (secondary N) is 2. The number of rotatable bonds is 20. The van der Waals surface area contributed by atoms with Crippen LogP contribution in [0.25, 0.3) is 0 Å². The van der Waals surface area contributed by atoms with Gasteiger partial charge in [0.2, 0.25) is 11.8 Å². The zero-order valence-electron chi connectivity index (χ0n) is 39.9. The number of Topliss-reactive ketones (excluding diaryl/α,β-unsaturated/α-hetero) is 2. The molecule has 3 saturated carbocycles. The summed E-state index contributed by atoms with van der Waals surface area (Å²) in [5.41, 5.74) is 2.43. The van der Waals surface area contributed by atoms with Gasteiger partial charge in [0.05, 0.1) is 30.0 Å². The summed E-state index contributed by atoms with van der Waals surface area (Å²) in [6.45, 7) is 16.3. The van der Waals surface area contributed by atoms with Crippen molar-refractivity contribution in [3.63, 3.8) is 0 Å². The fourth-order valence-corrected chi connectivity index (χ4v) is 10.2. The summed E-state index contributed by atoms with van der Waals surface area (Å²) < 4.78 is 13.3. The van der Waals surface area contributed by atoms with Crippen LogP contribution >= 0.6 is 0 Å². The lowest BCUT2D eigenvalue weighted by Crippen LogP contribution is -2.65. The summed E-state index contributed by atoms with van der Waals surface area (Å²) in [6, 6.07) is 19.4. The van der Waals surface area contributed by atoms with Gasteiger partial charge in [0.25, 0.3) is 0 Å². The van der Waals surface area contributed by atoms with Gasteiger partial charge < -0.3 is 25.0 Å². The monoisotopic (exact) mass is 899 g/mol. The molecular formula is C51H68B2N6O7. The van der Waals surface area contributed by atoms with E-state index in [0.717, 1.165) is 24.0 Å². The molecule has 350 valence electrons. The number of nitrogens with zero attached hydrogens (tertiary/aromatic N) is 4. The van der Waals surface area contributed by atoms with E-state index in [4.69, 9.17) is 9.31 Å². The van der Waals surface area contributed by atoms with E-state index in [0.29, 0.717) is 42.9 Å². The molecule has 4 aromatic rings. The Labute approximate surface area is 391 Å². The highest BCUT2D eigenvalue weighted by Gasteiger charge is 2.68. The number of benzene rings is 2. The highest BCUT2D eigenvalue weighted by Crippen LogP contribution is 2.65. The second-order valence-corrected chi connectivity index (χ2v) is 20.3. The van der Waals surface area contributed by atoms with Crippen molar-refractivity contribution in [2.24, 2.45) is 40.9 Å². The molecule has 0 spiro atoms. The molecule has 4 fully saturated rings. The second kappa shape index (κ2) is 22.6. The first-order chi connectivity index (χ1) is 31.4. The van der Waals surface area contributed by atoms with E-state index in [1.54, 1.807) is 6.82 Å². The minimum absolute atomic E-state index is 0.0353. The third-order valence-corrected chi connectivity index (χ3v) is 13.9. The largest absolute Gasteiger partial charge is 0.481 e. The minimum Gasteiger partial charge on any atom is -0.449 e. The van der Waals surface area contributed by atoms with Gasteiger partial charge in [-0.2, -0.15) is 0 Å². The SMILES string of the molecule is CB(O)[C@H](CC(C)C)NC(=O)[C@@H](CC(=O)c1cnccn1)Cc1ccccc1.CC(C)C[C@H](NC(=O)[C@@H](CC(=O)c1cnccn1)Cc1ccccc1)B1OC2CC3C[C@@H](C3(C)C)[C@]2(C)O1. The smallest absolute Gasteiger partial charge is 0.449 e. The molecule has 8 rings (SSSR count). The van der Waals surface area contributed by atoms with E-state index in [1.807, 2.05) is 74.5 Å². The van der Waals surface area contributed by atoms with Crippen molar-refractivity contribution < 1.29 is 33.5 Å². The van der Waals surface area contributed by atoms with E-state index >= 15 is 0 Å². The quantitative estimate of drug-likeness (QED) is 0.0598. The first kappa shape index (κ1) is 50.3. The molecule has 2 aromatic heterocycles. The number of ketones is 2. The van der Waals surface area contributed by atoms with Crippen LogP contribution in [0.5, 0.6) is 0 Å². The summed E-state index contributed by atoms with van der Waals surface area (Å²) in [5.74, 6) is -0.768. The fourth-order valence-electron chi connectivity index (χ4n) is 10.2. The number of carbonyl (C=O) groups is 4. The van der Waals surface area contributed by atoms with Crippen LogP contribution in [0.3, 0.4) is 0 Å². The number of aromatic nitrogens is 4. The lowest BCUT2D eigenvalue weighted by molar-refractivity contribution is -0.199. The molecule has 1 aliphatic heterocycles. The van der Waals surface area contributed by atoms with E-state index in [9.17, 15) is 24.2 Å². The van der Waals surface area contributed by atoms with E-state index in [1.165, 1.54) is 43.6 Å². The third kappa shape index (κ3) is 12.9. The Bertz CT molecular complexity index is 2210. The lowest BCUT2D eigenvalue weighted by Gasteiger charge is -2.64. The van der Waals surface area contributed by atoms with Crippen LogP contribution in [0.2, 0.25) is 6.82 Å². The highest BCUT2D eigenvalue weighted by molar-refractivity contribution is 6.51. The van der Waals surface area contributed by atoms with Crippen molar-refractivity contribution in [2.75, 3.05) is 0 Å². The van der Waals surface area contributed by atoms with Gasteiger partial charge >= 0.3 is 14.0 Å². The second-order valence-electron chi connectivity index (χ2n) is 20.3. The molecule has 3 heterocycles. The molecule has 2 amide bonds. The third-order valence-electron chi connectivity index (χ3n) is 13.9. The van der Waals surface area contributed by atoms with Crippen LogP contribution in [0.1, 0.15) is 119 Å². The molecule has 2 aromatic carbocycles. The molecule has 1 saturated heterocycles. The summed E-state index contributed by atoms with van der Waals surface area (Å²) in [6.07, 6.45) is 13.5. The van der Waals surface area contributed by atoms with Crippen molar-refractivity contribution in [3.05, 3.63) is 120 Å².